The van der Waals surface area contributed by atoms with Crippen LogP contribution in [0.4, 0.5) is 0 Å². The minimum atomic E-state index is 1.06. The van der Waals surface area contributed by atoms with Gasteiger partial charge in [-0.25, -0.2) is 0 Å². The Kier molecular flexibility index (Phi) is 3.46. The van der Waals surface area contributed by atoms with Gasteiger partial charge in [-0.3, -0.25) is 4.98 Å². The molecule has 0 fully saturated rings. The van der Waals surface area contributed by atoms with Crippen LogP contribution in [0.1, 0.15) is 5.69 Å². The Morgan fingerprint density at radius 2 is 1.50 bits per heavy atom. The summed E-state index contributed by atoms with van der Waals surface area (Å²) in [6, 6.07) is 22.5. The monoisotopic (exact) mass is 260 g/mol. The Balaban J connectivity index is 0.000000121. The van der Waals surface area contributed by atoms with Gasteiger partial charge in [0.05, 0.1) is 5.52 Å². The zero-order valence-electron chi connectivity index (χ0n) is 11.4. The number of hydrogen-bond donors (Lipinski definition) is 1. The van der Waals surface area contributed by atoms with Crippen molar-refractivity contribution in [2.24, 2.45) is 0 Å². The van der Waals surface area contributed by atoms with E-state index in [1.54, 1.807) is 0 Å². The molecule has 0 spiro atoms. The van der Waals surface area contributed by atoms with Gasteiger partial charge in [0, 0.05) is 22.8 Å². The highest BCUT2D eigenvalue weighted by molar-refractivity contribution is 5.80. The average Bonchev–Trinajstić information content (AvgIpc) is 2.88. The van der Waals surface area contributed by atoms with E-state index in [1.807, 2.05) is 36.5 Å². The molecule has 98 valence electrons. The highest BCUT2D eigenvalue weighted by atomic mass is 14.7. The minimum absolute atomic E-state index is 1.06. The van der Waals surface area contributed by atoms with Gasteiger partial charge in [-0.2, -0.15) is 0 Å². The molecule has 0 aliphatic carbocycles. The predicted molar refractivity (Wildman–Crippen MR) is 84.8 cm³/mol. The molecule has 0 saturated carbocycles. The molecule has 0 aliphatic heterocycles. The number of hydrogen-bond acceptors (Lipinski definition) is 1. The number of fused-ring (bicyclic) bond motifs is 2. The number of aromatic nitrogens is 2. The van der Waals surface area contributed by atoms with Crippen molar-refractivity contribution in [2.45, 2.75) is 6.92 Å². The van der Waals surface area contributed by atoms with Crippen LogP contribution in [0.3, 0.4) is 0 Å². The van der Waals surface area contributed by atoms with Crippen LogP contribution in [0.15, 0.2) is 72.9 Å². The number of nitrogens with zero attached hydrogens (tertiary/aromatic N) is 1. The molecule has 0 amide bonds. The molecule has 4 aromatic rings. The van der Waals surface area contributed by atoms with E-state index in [1.165, 1.54) is 22.0 Å². The molecule has 0 saturated heterocycles. The first-order chi connectivity index (χ1) is 9.83. The van der Waals surface area contributed by atoms with Crippen LogP contribution in [0.2, 0.25) is 0 Å². The van der Waals surface area contributed by atoms with E-state index < -0.39 is 0 Å². The van der Waals surface area contributed by atoms with E-state index in [0.29, 0.717) is 0 Å². The second-order valence-corrected chi connectivity index (χ2v) is 4.74. The number of H-pyrrole nitrogens is 1. The normalized spacial score (nSPS) is 10.2. The summed E-state index contributed by atoms with van der Waals surface area (Å²) in [5.41, 5.74) is 3.51. The van der Waals surface area contributed by atoms with Crippen LogP contribution in [-0.2, 0) is 0 Å². The van der Waals surface area contributed by atoms with Crippen LogP contribution in [0, 0.1) is 6.92 Å². The quantitative estimate of drug-likeness (QED) is 0.487. The molecule has 0 unspecified atom stereocenters. The third-order valence-corrected chi connectivity index (χ3v) is 3.18. The zero-order chi connectivity index (χ0) is 13.8. The Labute approximate surface area is 118 Å². The number of aromatic amines is 1. The average molecular weight is 260 g/mol. The smallest absolute Gasteiger partial charge is 0.0701 e. The maximum atomic E-state index is 4.18. The molecule has 2 heterocycles. The molecule has 0 bridgehead atoms. The Morgan fingerprint density at radius 3 is 2.30 bits per heavy atom. The maximum absolute atomic E-state index is 4.18. The van der Waals surface area contributed by atoms with E-state index in [2.05, 4.69) is 53.3 Å². The lowest BCUT2D eigenvalue weighted by Gasteiger charge is -1.91. The van der Waals surface area contributed by atoms with Gasteiger partial charge in [0.15, 0.2) is 0 Å². The number of aryl methyl sites for hydroxylation is 1. The van der Waals surface area contributed by atoms with Crippen LogP contribution in [-0.4, -0.2) is 9.97 Å². The fourth-order valence-corrected chi connectivity index (χ4v) is 2.23. The first-order valence-corrected chi connectivity index (χ1v) is 6.67. The number of benzene rings is 2. The zero-order valence-corrected chi connectivity index (χ0v) is 11.4. The summed E-state index contributed by atoms with van der Waals surface area (Å²) >= 11 is 0. The molecule has 2 aromatic heterocycles. The van der Waals surface area contributed by atoms with E-state index in [4.69, 9.17) is 0 Å². The molecule has 4 rings (SSSR count). The lowest BCUT2D eigenvalue weighted by atomic mass is 10.2. The highest BCUT2D eigenvalue weighted by Crippen LogP contribution is 2.13. The summed E-state index contributed by atoms with van der Waals surface area (Å²) in [4.78, 5) is 7.44. The second-order valence-electron chi connectivity index (χ2n) is 4.74. The van der Waals surface area contributed by atoms with E-state index in [9.17, 15) is 0 Å². The molecule has 2 aromatic carbocycles. The molecule has 20 heavy (non-hydrogen) atoms. The molecule has 0 aliphatic rings. The van der Waals surface area contributed by atoms with Crippen molar-refractivity contribution < 1.29 is 0 Å². The van der Waals surface area contributed by atoms with Crippen molar-refractivity contribution in [1.29, 1.82) is 0 Å². The summed E-state index contributed by atoms with van der Waals surface area (Å²) in [5, 5.41) is 2.49. The van der Waals surface area contributed by atoms with Crippen molar-refractivity contribution in [3.05, 3.63) is 78.6 Å². The van der Waals surface area contributed by atoms with E-state index >= 15 is 0 Å². The Hall–Kier alpha value is -2.61. The summed E-state index contributed by atoms with van der Waals surface area (Å²) in [6.45, 7) is 2.07. The molecular formula is C18H16N2. The summed E-state index contributed by atoms with van der Waals surface area (Å²) in [5.74, 6) is 0. The largest absolute Gasteiger partial charge is 0.359 e. The van der Waals surface area contributed by atoms with Crippen molar-refractivity contribution >= 4 is 21.8 Å². The summed E-state index contributed by atoms with van der Waals surface area (Å²) in [7, 11) is 0. The first-order valence-electron chi connectivity index (χ1n) is 6.67. The second kappa shape index (κ2) is 5.57. The lowest BCUT2D eigenvalue weighted by molar-refractivity contribution is 1.30. The van der Waals surface area contributed by atoms with Gasteiger partial charge < -0.3 is 4.98 Å². The van der Waals surface area contributed by atoms with Crippen molar-refractivity contribution in [1.82, 2.24) is 9.97 Å². The van der Waals surface area contributed by atoms with Gasteiger partial charge in [0.1, 0.15) is 0 Å². The van der Waals surface area contributed by atoms with Gasteiger partial charge in [0.25, 0.3) is 0 Å². The number of nitrogens with one attached hydrogen (secondary N) is 1. The summed E-state index contributed by atoms with van der Waals surface area (Å²) in [6.07, 6.45) is 1.81. The minimum Gasteiger partial charge on any atom is -0.359 e. The first kappa shape index (κ1) is 12.4. The Bertz CT molecular complexity index is 732. The van der Waals surface area contributed by atoms with Gasteiger partial charge in [-0.1, -0.05) is 42.5 Å². The Morgan fingerprint density at radius 1 is 0.800 bits per heavy atom. The summed E-state index contributed by atoms with van der Waals surface area (Å²) < 4.78 is 0. The molecular weight excluding hydrogens is 244 g/mol. The van der Waals surface area contributed by atoms with Crippen LogP contribution in [0.5, 0.6) is 0 Å². The van der Waals surface area contributed by atoms with E-state index in [-0.39, 0.29) is 0 Å². The van der Waals surface area contributed by atoms with Crippen molar-refractivity contribution in [2.75, 3.05) is 0 Å². The predicted octanol–water partition coefficient (Wildman–Crippen LogP) is 4.71. The maximum Gasteiger partial charge on any atom is 0.0701 e. The van der Waals surface area contributed by atoms with Crippen molar-refractivity contribution in [3.63, 3.8) is 0 Å². The van der Waals surface area contributed by atoms with Crippen molar-refractivity contribution in [3.8, 4) is 0 Å². The topological polar surface area (TPSA) is 28.7 Å². The molecule has 0 radical (unpaired) electrons. The van der Waals surface area contributed by atoms with Gasteiger partial charge >= 0.3 is 0 Å². The third-order valence-electron chi connectivity index (χ3n) is 3.18. The molecule has 1 N–H and O–H groups in total. The van der Waals surface area contributed by atoms with Crippen LogP contribution >= 0.6 is 0 Å². The molecule has 2 heteroatoms. The lowest BCUT2D eigenvalue weighted by Crippen LogP contribution is -1.73. The van der Waals surface area contributed by atoms with Gasteiger partial charge in [0.2, 0.25) is 0 Å². The standard InChI is InChI=1S/C9H9N.C9H7N/c1-7-6-8-4-2-3-5-9(8)10-7;1-2-6-9-8(4-1)5-3-7-10-9/h2-6,10H,1H3;1-7H. The number of rotatable bonds is 0. The molecule has 0 atom stereocenters. The van der Waals surface area contributed by atoms with Gasteiger partial charge in [-0.15, -0.1) is 0 Å². The SMILES string of the molecule is Cc1cc2ccccc2[nH]1.c1ccc2ncccc2c1. The molecule has 2 nitrogen and oxygen atoms in total. The third kappa shape index (κ3) is 2.69. The highest BCUT2D eigenvalue weighted by Gasteiger charge is 1.92. The fourth-order valence-electron chi connectivity index (χ4n) is 2.23. The van der Waals surface area contributed by atoms with Gasteiger partial charge in [-0.05, 0) is 36.6 Å². The van der Waals surface area contributed by atoms with E-state index in [0.717, 1.165) is 5.52 Å². The van der Waals surface area contributed by atoms with Crippen LogP contribution < -0.4 is 0 Å². The van der Waals surface area contributed by atoms with Crippen LogP contribution in [0.25, 0.3) is 21.8 Å². The number of para-hydroxylation sites is 2. The number of pyridine rings is 1. The fraction of sp³-hybridized carbons (Fsp3) is 0.0556.